The van der Waals surface area contributed by atoms with Crippen LogP contribution in [0.15, 0.2) is 35.5 Å². The number of Topliss-reactive ketones (excluding diaryl/α,β-unsaturated/α-hetero) is 1. The van der Waals surface area contributed by atoms with Crippen LogP contribution >= 0.6 is 0 Å². The molecule has 1 nitrogen and oxygen atoms in total. The summed E-state index contributed by atoms with van der Waals surface area (Å²) in [6.45, 7) is 4.04. The summed E-state index contributed by atoms with van der Waals surface area (Å²) < 4.78 is 0. The Morgan fingerprint density at radius 2 is 1.93 bits per heavy atom. The molecule has 0 bridgehead atoms. The molecule has 2 aliphatic rings. The lowest BCUT2D eigenvalue weighted by atomic mass is 9.84. The van der Waals surface area contributed by atoms with Gasteiger partial charge in [-0.1, -0.05) is 25.2 Å². The lowest BCUT2D eigenvalue weighted by Crippen LogP contribution is -2.11. The van der Waals surface area contributed by atoms with Crippen LogP contribution in [-0.2, 0) is 4.79 Å². The third kappa shape index (κ3) is 1.72. The van der Waals surface area contributed by atoms with Gasteiger partial charge in [-0.2, -0.15) is 0 Å². The summed E-state index contributed by atoms with van der Waals surface area (Å²) in [6.07, 6.45) is 10.4. The van der Waals surface area contributed by atoms with E-state index in [9.17, 15) is 4.79 Å². The minimum Gasteiger partial charge on any atom is -0.294 e. The van der Waals surface area contributed by atoms with Crippen molar-refractivity contribution in [2.75, 3.05) is 0 Å². The molecule has 1 heteroatoms. The van der Waals surface area contributed by atoms with Crippen LogP contribution in [0.1, 0.15) is 38.5 Å². The van der Waals surface area contributed by atoms with Crippen molar-refractivity contribution in [1.29, 1.82) is 0 Å². The fraction of sp³-hybridized carbons (Fsp3) is 0.462. The van der Waals surface area contributed by atoms with E-state index in [1.807, 2.05) is 6.08 Å². The predicted octanol–water partition coefficient (Wildman–Crippen LogP) is 3.33. The quantitative estimate of drug-likeness (QED) is 0.570. The molecule has 0 saturated carbocycles. The molecule has 0 aromatic rings. The SMILES string of the molecule is C=C1CCCCCC2=C1C(=O)CC=C2. The summed E-state index contributed by atoms with van der Waals surface area (Å²) >= 11 is 0. The minimum absolute atomic E-state index is 0.273. The molecule has 0 unspecified atom stereocenters. The van der Waals surface area contributed by atoms with E-state index in [1.54, 1.807) is 0 Å². The monoisotopic (exact) mass is 188 g/mol. The van der Waals surface area contributed by atoms with Gasteiger partial charge in [0.1, 0.15) is 0 Å². The molecule has 14 heavy (non-hydrogen) atoms. The molecular weight excluding hydrogens is 172 g/mol. The fourth-order valence-corrected chi connectivity index (χ4v) is 2.26. The third-order valence-electron chi connectivity index (χ3n) is 3.00. The molecule has 0 aromatic carbocycles. The maximum atomic E-state index is 11.7. The molecule has 0 heterocycles. The van der Waals surface area contributed by atoms with Gasteiger partial charge in [0.25, 0.3) is 0 Å². The Balaban J connectivity index is 2.37. The van der Waals surface area contributed by atoms with Crippen LogP contribution in [0, 0.1) is 0 Å². The Bertz CT molecular complexity index is 331. The van der Waals surface area contributed by atoms with Crippen LogP contribution in [0.2, 0.25) is 0 Å². The van der Waals surface area contributed by atoms with Crippen molar-refractivity contribution in [1.82, 2.24) is 0 Å². The number of ketones is 1. The first-order valence-electron chi connectivity index (χ1n) is 5.40. The Hall–Kier alpha value is -1.11. The van der Waals surface area contributed by atoms with E-state index < -0.39 is 0 Å². The van der Waals surface area contributed by atoms with Gasteiger partial charge in [-0.05, 0) is 36.8 Å². The minimum atomic E-state index is 0.273. The predicted molar refractivity (Wildman–Crippen MR) is 58.0 cm³/mol. The summed E-state index contributed by atoms with van der Waals surface area (Å²) in [7, 11) is 0. The molecule has 0 aliphatic heterocycles. The first kappa shape index (κ1) is 9.45. The second-order valence-electron chi connectivity index (χ2n) is 4.09. The van der Waals surface area contributed by atoms with E-state index in [2.05, 4.69) is 12.7 Å². The Kier molecular flexibility index (Phi) is 2.67. The van der Waals surface area contributed by atoms with Crippen molar-refractivity contribution in [2.45, 2.75) is 38.5 Å². The highest BCUT2D eigenvalue weighted by Gasteiger charge is 2.20. The topological polar surface area (TPSA) is 17.1 Å². The van der Waals surface area contributed by atoms with Gasteiger partial charge in [-0.3, -0.25) is 4.79 Å². The van der Waals surface area contributed by atoms with E-state index in [1.165, 1.54) is 24.8 Å². The molecule has 2 rings (SSSR count). The van der Waals surface area contributed by atoms with Crippen LogP contribution in [0.3, 0.4) is 0 Å². The summed E-state index contributed by atoms with van der Waals surface area (Å²) in [5.41, 5.74) is 3.24. The number of hydrogen-bond acceptors (Lipinski definition) is 1. The lowest BCUT2D eigenvalue weighted by Gasteiger charge is -2.19. The molecule has 0 radical (unpaired) electrons. The first-order valence-corrected chi connectivity index (χ1v) is 5.40. The molecule has 0 fully saturated rings. The summed E-state index contributed by atoms with van der Waals surface area (Å²) in [6, 6.07) is 0. The number of carbonyl (C=O) groups excluding carboxylic acids is 1. The van der Waals surface area contributed by atoms with E-state index in [4.69, 9.17) is 0 Å². The van der Waals surface area contributed by atoms with Gasteiger partial charge >= 0.3 is 0 Å². The van der Waals surface area contributed by atoms with Crippen molar-refractivity contribution in [3.63, 3.8) is 0 Å². The van der Waals surface area contributed by atoms with Crippen molar-refractivity contribution in [3.8, 4) is 0 Å². The third-order valence-corrected chi connectivity index (χ3v) is 3.00. The van der Waals surface area contributed by atoms with Crippen molar-refractivity contribution < 1.29 is 4.79 Å². The second kappa shape index (κ2) is 3.95. The van der Waals surface area contributed by atoms with E-state index >= 15 is 0 Å². The van der Waals surface area contributed by atoms with Gasteiger partial charge in [-0.15, -0.1) is 0 Å². The smallest absolute Gasteiger partial charge is 0.167 e. The zero-order chi connectivity index (χ0) is 9.97. The number of rotatable bonds is 0. The molecule has 0 saturated heterocycles. The molecule has 0 aromatic heterocycles. The maximum Gasteiger partial charge on any atom is 0.167 e. The summed E-state index contributed by atoms with van der Waals surface area (Å²) in [5, 5.41) is 0. The van der Waals surface area contributed by atoms with Crippen LogP contribution in [0.5, 0.6) is 0 Å². The van der Waals surface area contributed by atoms with E-state index in [0.717, 1.165) is 24.0 Å². The highest BCUT2D eigenvalue weighted by molar-refractivity contribution is 6.02. The highest BCUT2D eigenvalue weighted by Crippen LogP contribution is 2.30. The Morgan fingerprint density at radius 3 is 2.79 bits per heavy atom. The van der Waals surface area contributed by atoms with Crippen molar-refractivity contribution in [3.05, 3.63) is 35.5 Å². The zero-order valence-corrected chi connectivity index (χ0v) is 8.51. The summed E-state index contributed by atoms with van der Waals surface area (Å²) in [5.74, 6) is 0.273. The van der Waals surface area contributed by atoms with E-state index in [-0.39, 0.29) is 5.78 Å². The van der Waals surface area contributed by atoms with Gasteiger partial charge in [0.2, 0.25) is 0 Å². The first-order chi connectivity index (χ1) is 6.79. The molecule has 0 amide bonds. The highest BCUT2D eigenvalue weighted by atomic mass is 16.1. The molecule has 0 atom stereocenters. The average molecular weight is 188 g/mol. The normalized spacial score (nSPS) is 23.1. The Morgan fingerprint density at radius 1 is 1.14 bits per heavy atom. The maximum absolute atomic E-state index is 11.7. The van der Waals surface area contributed by atoms with Gasteiger partial charge in [-0.25, -0.2) is 0 Å². The van der Waals surface area contributed by atoms with Crippen molar-refractivity contribution >= 4 is 5.78 Å². The number of allylic oxidation sites excluding steroid dienone is 5. The largest absolute Gasteiger partial charge is 0.294 e. The summed E-state index contributed by atoms with van der Waals surface area (Å²) in [4.78, 5) is 11.7. The van der Waals surface area contributed by atoms with Crippen LogP contribution in [-0.4, -0.2) is 5.78 Å². The van der Waals surface area contributed by atoms with Crippen molar-refractivity contribution in [2.24, 2.45) is 0 Å². The molecule has 0 N–H and O–H groups in total. The molecular formula is C13H16O. The lowest BCUT2D eigenvalue weighted by molar-refractivity contribution is -0.114. The number of hydrogen-bond donors (Lipinski definition) is 0. The standard InChI is InChI=1S/C13H16O/c1-10-6-3-2-4-7-11-8-5-9-12(14)13(10)11/h5,8H,1-4,6-7,9H2. The fourth-order valence-electron chi connectivity index (χ4n) is 2.26. The van der Waals surface area contributed by atoms with E-state index in [0.29, 0.717) is 6.42 Å². The molecule has 0 spiro atoms. The Labute approximate surface area is 85.2 Å². The van der Waals surface area contributed by atoms with Gasteiger partial charge in [0, 0.05) is 12.0 Å². The van der Waals surface area contributed by atoms with Crippen LogP contribution in [0.4, 0.5) is 0 Å². The second-order valence-corrected chi connectivity index (χ2v) is 4.09. The number of carbonyl (C=O) groups is 1. The van der Waals surface area contributed by atoms with Crippen LogP contribution < -0.4 is 0 Å². The molecule has 2 aliphatic carbocycles. The van der Waals surface area contributed by atoms with Gasteiger partial charge < -0.3 is 0 Å². The van der Waals surface area contributed by atoms with Gasteiger partial charge in [0.15, 0.2) is 5.78 Å². The van der Waals surface area contributed by atoms with Crippen LogP contribution in [0.25, 0.3) is 0 Å². The molecule has 74 valence electrons. The average Bonchev–Trinajstić information content (AvgIpc) is 2.13. The van der Waals surface area contributed by atoms with Gasteiger partial charge in [0.05, 0.1) is 0 Å². The zero-order valence-electron chi connectivity index (χ0n) is 8.51.